The van der Waals surface area contributed by atoms with Crippen molar-refractivity contribution in [1.29, 1.82) is 0 Å². The van der Waals surface area contributed by atoms with Gasteiger partial charge >= 0.3 is 0 Å². The number of hydrogen-bond acceptors (Lipinski definition) is 3. The Hall–Kier alpha value is -0.120. The van der Waals surface area contributed by atoms with Crippen LogP contribution in [-0.4, -0.2) is 31.3 Å². The van der Waals surface area contributed by atoms with Crippen LogP contribution in [0.3, 0.4) is 0 Å². The highest BCUT2D eigenvalue weighted by molar-refractivity contribution is 4.90. The van der Waals surface area contributed by atoms with Crippen LogP contribution in [-0.2, 0) is 4.74 Å². The normalized spacial score (nSPS) is 34.2. The number of nitrogens with two attached hydrogens (primary N) is 1. The molecule has 1 saturated heterocycles. The SMILES string of the molecule is CC1CCCC(NCC2(N)CCOCC2)CC1. The minimum absolute atomic E-state index is 0.0177. The highest BCUT2D eigenvalue weighted by Crippen LogP contribution is 2.23. The van der Waals surface area contributed by atoms with Crippen molar-refractivity contribution in [3.05, 3.63) is 0 Å². The van der Waals surface area contributed by atoms with Gasteiger partial charge in [0.15, 0.2) is 0 Å². The monoisotopic (exact) mass is 240 g/mol. The zero-order chi connectivity index (χ0) is 12.1. The van der Waals surface area contributed by atoms with Crippen LogP contribution in [0.25, 0.3) is 0 Å². The first-order valence-electron chi connectivity index (χ1n) is 7.28. The maximum Gasteiger partial charge on any atom is 0.0484 e. The Morgan fingerprint density at radius 3 is 2.71 bits per heavy atom. The summed E-state index contributed by atoms with van der Waals surface area (Å²) in [6, 6.07) is 0.697. The van der Waals surface area contributed by atoms with Crippen LogP contribution >= 0.6 is 0 Å². The predicted molar refractivity (Wildman–Crippen MR) is 71.0 cm³/mol. The molecule has 1 aliphatic carbocycles. The van der Waals surface area contributed by atoms with Crippen LogP contribution in [0.1, 0.15) is 51.9 Å². The molecular weight excluding hydrogens is 212 g/mol. The molecule has 2 aliphatic rings. The highest BCUT2D eigenvalue weighted by Gasteiger charge is 2.28. The van der Waals surface area contributed by atoms with E-state index >= 15 is 0 Å². The van der Waals surface area contributed by atoms with Gasteiger partial charge in [-0.3, -0.25) is 0 Å². The summed E-state index contributed by atoms with van der Waals surface area (Å²) in [6.45, 7) is 5.01. The number of ether oxygens (including phenoxy) is 1. The lowest BCUT2D eigenvalue weighted by Gasteiger charge is -2.35. The second-order valence-corrected chi connectivity index (χ2v) is 6.17. The van der Waals surface area contributed by atoms with Gasteiger partial charge in [0.1, 0.15) is 0 Å². The van der Waals surface area contributed by atoms with Gasteiger partial charge in [0.05, 0.1) is 0 Å². The van der Waals surface area contributed by atoms with E-state index in [1.807, 2.05) is 0 Å². The van der Waals surface area contributed by atoms with E-state index in [-0.39, 0.29) is 5.54 Å². The van der Waals surface area contributed by atoms with E-state index in [0.29, 0.717) is 6.04 Å². The summed E-state index contributed by atoms with van der Waals surface area (Å²) >= 11 is 0. The van der Waals surface area contributed by atoms with E-state index in [1.54, 1.807) is 0 Å². The first-order chi connectivity index (χ1) is 8.18. The molecule has 0 aromatic heterocycles. The Bertz CT molecular complexity index is 226. The average molecular weight is 240 g/mol. The third-order valence-corrected chi connectivity index (χ3v) is 4.49. The lowest BCUT2D eigenvalue weighted by atomic mass is 9.90. The lowest BCUT2D eigenvalue weighted by molar-refractivity contribution is 0.0520. The second kappa shape index (κ2) is 6.17. The van der Waals surface area contributed by atoms with E-state index in [4.69, 9.17) is 10.5 Å². The number of hydrogen-bond donors (Lipinski definition) is 2. The third kappa shape index (κ3) is 4.23. The van der Waals surface area contributed by atoms with Crippen molar-refractivity contribution in [3.63, 3.8) is 0 Å². The molecule has 2 rings (SSSR count). The number of nitrogens with one attached hydrogen (secondary N) is 1. The minimum atomic E-state index is -0.0177. The molecule has 0 radical (unpaired) electrons. The van der Waals surface area contributed by atoms with Crippen LogP contribution < -0.4 is 11.1 Å². The standard InChI is InChI=1S/C14H28N2O/c1-12-3-2-4-13(6-5-12)16-11-14(15)7-9-17-10-8-14/h12-13,16H,2-11,15H2,1H3. The molecule has 0 amide bonds. The smallest absolute Gasteiger partial charge is 0.0484 e. The molecule has 1 saturated carbocycles. The van der Waals surface area contributed by atoms with Gasteiger partial charge in [-0.15, -0.1) is 0 Å². The molecule has 2 fully saturated rings. The fourth-order valence-corrected chi connectivity index (χ4v) is 2.99. The second-order valence-electron chi connectivity index (χ2n) is 6.17. The maximum atomic E-state index is 6.40. The minimum Gasteiger partial charge on any atom is -0.381 e. The Morgan fingerprint density at radius 2 is 1.94 bits per heavy atom. The van der Waals surface area contributed by atoms with Crippen molar-refractivity contribution in [2.75, 3.05) is 19.8 Å². The van der Waals surface area contributed by atoms with Crippen molar-refractivity contribution < 1.29 is 4.74 Å². The fourth-order valence-electron chi connectivity index (χ4n) is 2.99. The largest absolute Gasteiger partial charge is 0.381 e. The molecule has 1 heterocycles. The van der Waals surface area contributed by atoms with Crippen molar-refractivity contribution in [3.8, 4) is 0 Å². The first kappa shape index (κ1) is 13.3. The van der Waals surface area contributed by atoms with Gasteiger partial charge in [-0.05, 0) is 38.0 Å². The Balaban J connectivity index is 1.73. The average Bonchev–Trinajstić information content (AvgIpc) is 2.53. The van der Waals surface area contributed by atoms with E-state index in [1.165, 1.54) is 32.1 Å². The summed E-state index contributed by atoms with van der Waals surface area (Å²) in [5.41, 5.74) is 6.38. The molecule has 0 bridgehead atoms. The molecule has 2 unspecified atom stereocenters. The summed E-state index contributed by atoms with van der Waals surface area (Å²) in [5, 5.41) is 3.71. The topological polar surface area (TPSA) is 47.3 Å². The van der Waals surface area contributed by atoms with Gasteiger partial charge < -0.3 is 15.8 Å². The Morgan fingerprint density at radius 1 is 1.18 bits per heavy atom. The van der Waals surface area contributed by atoms with Crippen LogP contribution in [0, 0.1) is 5.92 Å². The summed E-state index contributed by atoms with van der Waals surface area (Å²) in [4.78, 5) is 0. The molecule has 3 heteroatoms. The highest BCUT2D eigenvalue weighted by atomic mass is 16.5. The van der Waals surface area contributed by atoms with Crippen LogP contribution in [0.15, 0.2) is 0 Å². The quantitative estimate of drug-likeness (QED) is 0.742. The maximum absolute atomic E-state index is 6.40. The van der Waals surface area contributed by atoms with Gasteiger partial charge in [-0.1, -0.05) is 19.8 Å². The van der Waals surface area contributed by atoms with Crippen LogP contribution in [0.5, 0.6) is 0 Å². The zero-order valence-electron chi connectivity index (χ0n) is 11.2. The van der Waals surface area contributed by atoms with E-state index in [9.17, 15) is 0 Å². The van der Waals surface area contributed by atoms with Gasteiger partial charge in [0.25, 0.3) is 0 Å². The Kier molecular flexibility index (Phi) is 4.83. The predicted octanol–water partition coefficient (Wildman–Crippen LogP) is 2.05. The van der Waals surface area contributed by atoms with Gasteiger partial charge in [0, 0.05) is 31.3 Å². The third-order valence-electron chi connectivity index (χ3n) is 4.49. The summed E-state index contributed by atoms with van der Waals surface area (Å²) in [5.74, 6) is 0.914. The van der Waals surface area contributed by atoms with E-state index < -0.39 is 0 Å². The van der Waals surface area contributed by atoms with Crippen molar-refractivity contribution in [2.24, 2.45) is 11.7 Å². The van der Waals surface area contributed by atoms with Crippen molar-refractivity contribution >= 4 is 0 Å². The molecule has 100 valence electrons. The summed E-state index contributed by atoms with van der Waals surface area (Å²) in [6.07, 6.45) is 8.81. The summed E-state index contributed by atoms with van der Waals surface area (Å²) < 4.78 is 5.38. The molecule has 3 nitrogen and oxygen atoms in total. The molecular formula is C14H28N2O. The number of rotatable bonds is 3. The Labute approximate surface area is 105 Å². The summed E-state index contributed by atoms with van der Waals surface area (Å²) in [7, 11) is 0. The van der Waals surface area contributed by atoms with E-state index in [0.717, 1.165) is 38.5 Å². The molecule has 1 aliphatic heterocycles. The molecule has 0 spiro atoms. The van der Waals surface area contributed by atoms with Gasteiger partial charge in [0.2, 0.25) is 0 Å². The first-order valence-corrected chi connectivity index (χ1v) is 7.28. The van der Waals surface area contributed by atoms with Crippen LogP contribution in [0.2, 0.25) is 0 Å². The zero-order valence-corrected chi connectivity index (χ0v) is 11.2. The van der Waals surface area contributed by atoms with Gasteiger partial charge in [-0.25, -0.2) is 0 Å². The molecule has 0 aromatic rings. The molecule has 0 aromatic carbocycles. The van der Waals surface area contributed by atoms with Crippen molar-refractivity contribution in [2.45, 2.75) is 63.5 Å². The molecule has 2 atom stereocenters. The fraction of sp³-hybridized carbons (Fsp3) is 1.00. The van der Waals surface area contributed by atoms with Crippen molar-refractivity contribution in [1.82, 2.24) is 5.32 Å². The molecule has 17 heavy (non-hydrogen) atoms. The van der Waals surface area contributed by atoms with Crippen LogP contribution in [0.4, 0.5) is 0 Å². The van der Waals surface area contributed by atoms with E-state index in [2.05, 4.69) is 12.2 Å². The molecule has 3 N–H and O–H groups in total. The lowest BCUT2D eigenvalue weighted by Crippen LogP contribution is -2.54. The van der Waals surface area contributed by atoms with Gasteiger partial charge in [-0.2, -0.15) is 0 Å².